The third-order valence-electron chi connectivity index (χ3n) is 5.54. The van der Waals surface area contributed by atoms with Gasteiger partial charge < -0.3 is 5.11 Å². The van der Waals surface area contributed by atoms with Crippen molar-refractivity contribution in [2.24, 2.45) is 7.05 Å². The van der Waals surface area contributed by atoms with Crippen molar-refractivity contribution in [2.45, 2.75) is 63.8 Å². The predicted molar refractivity (Wildman–Crippen MR) is 115 cm³/mol. The fourth-order valence-electron chi connectivity index (χ4n) is 3.86. The molecule has 2 aromatic rings. The summed E-state index contributed by atoms with van der Waals surface area (Å²) in [6.45, 7) is 0. The molecule has 1 aliphatic rings. The van der Waals surface area contributed by atoms with Gasteiger partial charge in [0, 0.05) is 31.9 Å². The Morgan fingerprint density at radius 2 is 1.87 bits per heavy atom. The molecule has 1 aliphatic heterocycles. The number of imidazole rings is 1. The van der Waals surface area contributed by atoms with Gasteiger partial charge in [0.25, 0.3) is 0 Å². The van der Waals surface area contributed by atoms with Crippen molar-refractivity contribution >= 4 is 28.8 Å². The fourth-order valence-corrected chi connectivity index (χ4v) is 3.86. The van der Waals surface area contributed by atoms with Crippen LogP contribution in [-0.4, -0.2) is 32.0 Å². The van der Waals surface area contributed by atoms with E-state index < -0.39 is 17.9 Å². The van der Waals surface area contributed by atoms with Crippen LogP contribution in [0.1, 0.15) is 69.4 Å². The van der Waals surface area contributed by atoms with Gasteiger partial charge in [-0.3, -0.25) is 28.8 Å². The SMILES string of the molecule is Cn1c(=O)n(C2CCC(=O)NC2=O)c2ccc(C#CCCCCCCCC(=O)O)cc21. The summed E-state index contributed by atoms with van der Waals surface area (Å²) < 4.78 is 2.96. The van der Waals surface area contributed by atoms with E-state index in [9.17, 15) is 19.2 Å². The molecule has 0 saturated carbocycles. The van der Waals surface area contributed by atoms with Crippen LogP contribution < -0.4 is 11.0 Å². The maximum atomic E-state index is 12.8. The number of benzene rings is 1. The number of carboxylic acids is 1. The lowest BCUT2D eigenvalue weighted by molar-refractivity contribution is -0.137. The van der Waals surface area contributed by atoms with E-state index in [4.69, 9.17) is 5.11 Å². The molecule has 1 atom stereocenters. The number of hydrogen-bond acceptors (Lipinski definition) is 4. The summed E-state index contributed by atoms with van der Waals surface area (Å²) in [5.74, 6) is 4.78. The minimum atomic E-state index is -0.743. The Bertz CT molecular complexity index is 1120. The van der Waals surface area contributed by atoms with Crippen molar-refractivity contribution in [1.82, 2.24) is 14.5 Å². The second-order valence-electron chi connectivity index (χ2n) is 7.85. The van der Waals surface area contributed by atoms with Crippen molar-refractivity contribution in [1.29, 1.82) is 0 Å². The minimum Gasteiger partial charge on any atom is -0.481 e. The second kappa shape index (κ2) is 10.1. The minimum absolute atomic E-state index is 0.211. The highest BCUT2D eigenvalue weighted by Gasteiger charge is 2.31. The largest absolute Gasteiger partial charge is 0.481 e. The number of carboxylic acid groups (broad SMARTS) is 1. The molecular weight excluding hydrogens is 398 g/mol. The van der Waals surface area contributed by atoms with E-state index in [1.165, 1.54) is 9.13 Å². The van der Waals surface area contributed by atoms with Crippen LogP contribution in [0.4, 0.5) is 0 Å². The smallest absolute Gasteiger partial charge is 0.329 e. The predicted octanol–water partition coefficient (Wildman–Crippen LogP) is 2.48. The van der Waals surface area contributed by atoms with Crippen molar-refractivity contribution in [3.8, 4) is 11.8 Å². The average molecular weight is 425 g/mol. The number of imide groups is 1. The van der Waals surface area contributed by atoms with Crippen LogP contribution in [0.2, 0.25) is 0 Å². The molecule has 1 unspecified atom stereocenters. The Kier molecular flexibility index (Phi) is 7.29. The molecule has 3 rings (SSSR count). The van der Waals surface area contributed by atoms with Gasteiger partial charge in [0.1, 0.15) is 6.04 Å². The number of fused-ring (bicyclic) bond motifs is 1. The number of piperidine rings is 1. The maximum absolute atomic E-state index is 12.8. The quantitative estimate of drug-likeness (QED) is 0.384. The molecule has 2 heterocycles. The van der Waals surface area contributed by atoms with E-state index in [0.29, 0.717) is 17.5 Å². The standard InChI is InChI=1S/C23H27N3O5/c1-25-19-15-16(9-7-5-3-2-4-6-8-10-21(28)29)11-12-17(19)26(23(25)31)18-13-14-20(27)24-22(18)30/h11-12,15,18H,2-6,8,10,13-14H2,1H3,(H,28,29)(H,24,27,30). The summed E-state index contributed by atoms with van der Waals surface area (Å²) in [5.41, 5.74) is 1.84. The number of hydrogen-bond donors (Lipinski definition) is 2. The van der Waals surface area contributed by atoms with E-state index >= 15 is 0 Å². The summed E-state index contributed by atoms with van der Waals surface area (Å²) in [4.78, 5) is 46.9. The lowest BCUT2D eigenvalue weighted by Crippen LogP contribution is -2.44. The number of carbonyl (C=O) groups is 3. The zero-order valence-corrected chi connectivity index (χ0v) is 17.6. The Hall–Kier alpha value is -3.34. The van der Waals surface area contributed by atoms with Gasteiger partial charge in [-0.15, -0.1) is 0 Å². The highest BCUT2D eigenvalue weighted by molar-refractivity contribution is 6.00. The molecule has 1 aromatic heterocycles. The van der Waals surface area contributed by atoms with E-state index in [-0.39, 0.29) is 24.4 Å². The summed E-state index contributed by atoms with van der Waals surface area (Å²) in [5, 5.41) is 10.9. The van der Waals surface area contributed by atoms with Gasteiger partial charge in [-0.1, -0.05) is 31.1 Å². The highest BCUT2D eigenvalue weighted by Crippen LogP contribution is 2.23. The van der Waals surface area contributed by atoms with Gasteiger partial charge in [-0.05, 0) is 37.5 Å². The number of rotatable bonds is 8. The first-order chi connectivity index (χ1) is 14.9. The van der Waals surface area contributed by atoms with Crippen LogP contribution in [0.25, 0.3) is 11.0 Å². The molecule has 2 N–H and O–H groups in total. The van der Waals surface area contributed by atoms with Crippen LogP contribution in [0.15, 0.2) is 23.0 Å². The molecule has 0 spiro atoms. The summed E-state index contributed by atoms with van der Waals surface area (Å²) >= 11 is 0. The summed E-state index contributed by atoms with van der Waals surface area (Å²) in [7, 11) is 1.66. The molecule has 164 valence electrons. The first-order valence-corrected chi connectivity index (χ1v) is 10.6. The van der Waals surface area contributed by atoms with Gasteiger partial charge in [0.05, 0.1) is 11.0 Å². The number of aliphatic carboxylic acids is 1. The van der Waals surface area contributed by atoms with Gasteiger partial charge in [0.15, 0.2) is 0 Å². The van der Waals surface area contributed by atoms with Crippen molar-refractivity contribution in [3.05, 3.63) is 34.2 Å². The highest BCUT2D eigenvalue weighted by atomic mass is 16.4. The van der Waals surface area contributed by atoms with Crippen LogP contribution in [0, 0.1) is 11.8 Å². The first-order valence-electron chi connectivity index (χ1n) is 10.6. The number of carbonyl (C=O) groups excluding carboxylic acids is 2. The van der Waals surface area contributed by atoms with Crippen LogP contribution in [0.3, 0.4) is 0 Å². The van der Waals surface area contributed by atoms with E-state index in [1.54, 1.807) is 13.1 Å². The molecule has 8 heteroatoms. The molecule has 1 saturated heterocycles. The first kappa shape index (κ1) is 22.3. The van der Waals surface area contributed by atoms with Gasteiger partial charge >= 0.3 is 11.7 Å². The Morgan fingerprint density at radius 3 is 2.61 bits per heavy atom. The van der Waals surface area contributed by atoms with Crippen molar-refractivity contribution in [3.63, 3.8) is 0 Å². The lowest BCUT2D eigenvalue weighted by atomic mass is 10.1. The second-order valence-corrected chi connectivity index (χ2v) is 7.85. The molecule has 0 bridgehead atoms. The summed E-state index contributed by atoms with van der Waals surface area (Å²) in [6, 6.07) is 4.79. The third kappa shape index (κ3) is 5.43. The van der Waals surface area contributed by atoms with E-state index in [0.717, 1.165) is 44.1 Å². The van der Waals surface area contributed by atoms with Crippen LogP contribution in [0.5, 0.6) is 0 Å². The average Bonchev–Trinajstić information content (AvgIpc) is 2.97. The molecule has 31 heavy (non-hydrogen) atoms. The van der Waals surface area contributed by atoms with Gasteiger partial charge in [-0.25, -0.2) is 4.79 Å². The molecule has 1 fully saturated rings. The van der Waals surface area contributed by atoms with E-state index in [2.05, 4.69) is 17.2 Å². The Labute approximate surface area is 180 Å². The van der Waals surface area contributed by atoms with Crippen molar-refractivity contribution in [2.75, 3.05) is 0 Å². The number of nitrogens with zero attached hydrogens (tertiary/aromatic N) is 2. The fraction of sp³-hybridized carbons (Fsp3) is 0.478. The normalized spacial score (nSPS) is 16.1. The molecule has 0 aliphatic carbocycles. The number of aromatic nitrogens is 2. The zero-order chi connectivity index (χ0) is 22.4. The number of nitrogens with one attached hydrogen (secondary N) is 1. The molecule has 0 radical (unpaired) electrons. The monoisotopic (exact) mass is 425 g/mol. The molecule has 2 amide bonds. The zero-order valence-electron chi connectivity index (χ0n) is 17.6. The van der Waals surface area contributed by atoms with Gasteiger partial charge in [0.2, 0.25) is 11.8 Å². The Balaban J connectivity index is 1.64. The van der Waals surface area contributed by atoms with Crippen LogP contribution in [-0.2, 0) is 21.4 Å². The number of aryl methyl sites for hydroxylation is 1. The van der Waals surface area contributed by atoms with Gasteiger partial charge in [-0.2, -0.15) is 0 Å². The summed E-state index contributed by atoms with van der Waals surface area (Å²) in [6.07, 6.45) is 6.15. The third-order valence-corrected chi connectivity index (χ3v) is 5.54. The maximum Gasteiger partial charge on any atom is 0.329 e. The van der Waals surface area contributed by atoms with Crippen LogP contribution >= 0.6 is 0 Å². The lowest BCUT2D eigenvalue weighted by Gasteiger charge is -2.21. The van der Waals surface area contributed by atoms with E-state index in [1.807, 2.05) is 12.1 Å². The molecule has 1 aromatic carbocycles. The topological polar surface area (TPSA) is 110 Å². The number of unbranched alkanes of at least 4 members (excludes halogenated alkanes) is 5. The number of amides is 2. The van der Waals surface area contributed by atoms with Crippen molar-refractivity contribution < 1.29 is 19.5 Å². The molecular formula is C23H27N3O5. The Morgan fingerprint density at radius 1 is 1.13 bits per heavy atom. The molecule has 8 nitrogen and oxygen atoms in total.